The van der Waals surface area contributed by atoms with Crippen molar-refractivity contribution in [1.29, 1.82) is 0 Å². The van der Waals surface area contributed by atoms with Gasteiger partial charge in [-0.2, -0.15) is 13.2 Å². The van der Waals surface area contributed by atoms with Crippen molar-refractivity contribution in [3.63, 3.8) is 0 Å². The Morgan fingerprint density at radius 3 is 2.21 bits per heavy atom. The molecule has 0 bridgehead atoms. The highest BCUT2D eigenvalue weighted by Crippen LogP contribution is 2.30. The number of nitrogens with one attached hydrogen (secondary N) is 1. The molecule has 2 nitrogen and oxygen atoms in total. The molecule has 8 heteroatoms. The average molecular weight is 411 g/mol. The minimum Gasteiger partial charge on any atom is -0.489 e. The highest BCUT2D eigenvalue weighted by molar-refractivity contribution is 5.48. The van der Waals surface area contributed by atoms with Crippen molar-refractivity contribution in [3.05, 3.63) is 94.8 Å². The van der Waals surface area contributed by atoms with Crippen LogP contribution in [0, 0.1) is 17.5 Å². The number of alkyl halides is 3. The zero-order valence-electron chi connectivity index (χ0n) is 14.9. The average Bonchev–Trinajstić information content (AvgIpc) is 2.64. The third kappa shape index (κ3) is 5.66. The highest BCUT2D eigenvalue weighted by atomic mass is 19.4. The van der Waals surface area contributed by atoms with Crippen LogP contribution in [0.5, 0.6) is 5.75 Å². The smallest absolute Gasteiger partial charge is 0.416 e. The summed E-state index contributed by atoms with van der Waals surface area (Å²) in [5.74, 6) is -1.99. The van der Waals surface area contributed by atoms with Gasteiger partial charge in [0.25, 0.3) is 0 Å². The molecule has 0 radical (unpaired) electrons. The van der Waals surface area contributed by atoms with Gasteiger partial charge in [0.1, 0.15) is 29.8 Å². The van der Waals surface area contributed by atoms with Gasteiger partial charge in [0.2, 0.25) is 0 Å². The van der Waals surface area contributed by atoms with Crippen molar-refractivity contribution in [2.45, 2.75) is 19.3 Å². The highest BCUT2D eigenvalue weighted by Gasteiger charge is 2.31. The second-order valence-corrected chi connectivity index (χ2v) is 6.25. The number of ether oxygens (including phenoxy) is 1. The van der Waals surface area contributed by atoms with Crippen molar-refractivity contribution in [1.82, 2.24) is 0 Å². The number of hydrogen-bond donors (Lipinski definition) is 1. The molecule has 29 heavy (non-hydrogen) atoms. The Bertz CT molecular complexity index is 982. The zero-order chi connectivity index (χ0) is 21.0. The molecule has 3 aromatic rings. The standard InChI is InChI=1S/C21H15F6NO/c22-16-6-13(7-17(23)9-16)12-29-19-3-1-2-18(10-19)28-11-14-4-5-15(8-20(14)24)21(25,26)27/h1-10,28H,11-12H2. The number of hydrogen-bond acceptors (Lipinski definition) is 2. The third-order valence-corrected chi connectivity index (χ3v) is 4.03. The Morgan fingerprint density at radius 2 is 1.55 bits per heavy atom. The van der Waals surface area contributed by atoms with Crippen LogP contribution in [0.3, 0.4) is 0 Å². The van der Waals surface area contributed by atoms with Gasteiger partial charge in [0.05, 0.1) is 5.56 Å². The van der Waals surface area contributed by atoms with E-state index in [9.17, 15) is 26.3 Å². The van der Waals surface area contributed by atoms with Gasteiger partial charge in [-0.25, -0.2) is 13.2 Å². The number of halogens is 6. The van der Waals surface area contributed by atoms with Crippen LogP contribution >= 0.6 is 0 Å². The molecule has 0 unspecified atom stereocenters. The van der Waals surface area contributed by atoms with Crippen LogP contribution in [0.4, 0.5) is 32.0 Å². The Hall–Kier alpha value is -3.16. The second-order valence-electron chi connectivity index (χ2n) is 6.25. The summed E-state index contributed by atoms with van der Waals surface area (Å²) in [5.41, 5.74) is -0.137. The summed E-state index contributed by atoms with van der Waals surface area (Å²) in [5, 5.41) is 2.90. The largest absolute Gasteiger partial charge is 0.489 e. The summed E-state index contributed by atoms with van der Waals surface area (Å²) in [6.07, 6.45) is -4.61. The molecule has 0 heterocycles. The lowest BCUT2D eigenvalue weighted by molar-refractivity contribution is -0.137. The molecule has 3 rings (SSSR count). The second kappa shape index (κ2) is 8.46. The minimum atomic E-state index is -4.61. The first-order valence-corrected chi connectivity index (χ1v) is 8.48. The van der Waals surface area contributed by atoms with Crippen LogP contribution in [-0.2, 0) is 19.3 Å². The van der Waals surface area contributed by atoms with Gasteiger partial charge in [-0.15, -0.1) is 0 Å². The van der Waals surface area contributed by atoms with Crippen LogP contribution in [0.25, 0.3) is 0 Å². The first kappa shape index (κ1) is 20.6. The summed E-state index contributed by atoms with van der Waals surface area (Å²) < 4.78 is 83.6. The van der Waals surface area contributed by atoms with Gasteiger partial charge in [-0.3, -0.25) is 0 Å². The van der Waals surface area contributed by atoms with E-state index in [2.05, 4.69) is 5.32 Å². The maximum absolute atomic E-state index is 13.9. The van der Waals surface area contributed by atoms with Gasteiger partial charge in [0, 0.05) is 29.9 Å². The van der Waals surface area contributed by atoms with E-state index in [1.165, 1.54) is 0 Å². The van der Waals surface area contributed by atoms with E-state index in [4.69, 9.17) is 4.74 Å². The zero-order valence-corrected chi connectivity index (χ0v) is 14.9. The fourth-order valence-corrected chi connectivity index (χ4v) is 2.62. The van der Waals surface area contributed by atoms with Crippen molar-refractivity contribution in [3.8, 4) is 5.75 Å². The van der Waals surface area contributed by atoms with E-state index < -0.39 is 29.2 Å². The predicted octanol–water partition coefficient (Wildman–Crippen LogP) is 6.31. The fraction of sp³-hybridized carbons (Fsp3) is 0.143. The molecule has 0 aliphatic heterocycles. The van der Waals surface area contributed by atoms with Gasteiger partial charge in [0.15, 0.2) is 0 Å². The molecule has 0 aromatic heterocycles. The molecule has 0 aliphatic carbocycles. The summed E-state index contributed by atoms with van der Waals surface area (Å²) in [6.45, 7) is -0.103. The van der Waals surface area contributed by atoms with Gasteiger partial charge >= 0.3 is 6.18 Å². The lowest BCUT2D eigenvalue weighted by Gasteiger charge is -2.12. The van der Waals surface area contributed by atoms with Crippen molar-refractivity contribution in [2.24, 2.45) is 0 Å². The van der Waals surface area contributed by atoms with Crippen LogP contribution in [-0.4, -0.2) is 0 Å². The van der Waals surface area contributed by atoms with Crippen LogP contribution in [0.1, 0.15) is 16.7 Å². The van der Waals surface area contributed by atoms with E-state index in [0.717, 1.165) is 30.3 Å². The number of rotatable bonds is 6. The first-order valence-electron chi connectivity index (χ1n) is 8.48. The Balaban J connectivity index is 1.63. The molecule has 1 N–H and O–H groups in total. The molecule has 0 spiro atoms. The maximum atomic E-state index is 13.9. The Kier molecular flexibility index (Phi) is 6.00. The van der Waals surface area contributed by atoms with E-state index in [1.807, 2.05) is 0 Å². The van der Waals surface area contributed by atoms with E-state index in [0.29, 0.717) is 23.1 Å². The van der Waals surface area contributed by atoms with Crippen molar-refractivity contribution in [2.75, 3.05) is 5.32 Å². The molecule has 152 valence electrons. The molecule has 3 aromatic carbocycles. The minimum absolute atomic E-state index is 0.0392. The molecule has 0 saturated carbocycles. The lowest BCUT2D eigenvalue weighted by Crippen LogP contribution is -2.08. The lowest BCUT2D eigenvalue weighted by atomic mass is 10.1. The monoisotopic (exact) mass is 411 g/mol. The molecule has 0 aliphatic rings. The normalized spacial score (nSPS) is 11.4. The van der Waals surface area contributed by atoms with Gasteiger partial charge in [-0.05, 0) is 42.0 Å². The molecular weight excluding hydrogens is 396 g/mol. The molecule has 0 saturated heterocycles. The third-order valence-electron chi connectivity index (χ3n) is 4.03. The Morgan fingerprint density at radius 1 is 0.828 bits per heavy atom. The van der Waals surface area contributed by atoms with E-state index in [1.54, 1.807) is 24.3 Å². The van der Waals surface area contributed by atoms with Crippen LogP contribution < -0.4 is 10.1 Å². The van der Waals surface area contributed by atoms with Crippen molar-refractivity contribution < 1.29 is 31.1 Å². The van der Waals surface area contributed by atoms with E-state index in [-0.39, 0.29) is 18.7 Å². The maximum Gasteiger partial charge on any atom is 0.416 e. The Labute approximate surface area is 162 Å². The molecule has 0 fully saturated rings. The topological polar surface area (TPSA) is 21.3 Å². The summed E-state index contributed by atoms with van der Waals surface area (Å²) in [6, 6.07) is 11.9. The first-order chi connectivity index (χ1) is 13.7. The van der Waals surface area contributed by atoms with Gasteiger partial charge in [-0.1, -0.05) is 12.1 Å². The summed E-state index contributed by atoms with van der Waals surface area (Å²) in [4.78, 5) is 0. The summed E-state index contributed by atoms with van der Waals surface area (Å²) >= 11 is 0. The number of benzene rings is 3. The van der Waals surface area contributed by atoms with Crippen LogP contribution in [0.15, 0.2) is 60.7 Å². The number of anilines is 1. The SMILES string of the molecule is Fc1cc(F)cc(COc2cccc(NCc3ccc(C(F)(F)F)cc3F)c2)c1. The fourth-order valence-electron chi connectivity index (χ4n) is 2.62. The van der Waals surface area contributed by atoms with Crippen LogP contribution in [0.2, 0.25) is 0 Å². The molecule has 0 atom stereocenters. The molecular formula is C21H15F6NO. The predicted molar refractivity (Wildman–Crippen MR) is 95.9 cm³/mol. The summed E-state index contributed by atoms with van der Waals surface area (Å²) in [7, 11) is 0. The molecule has 0 amide bonds. The van der Waals surface area contributed by atoms with Gasteiger partial charge < -0.3 is 10.1 Å². The van der Waals surface area contributed by atoms with E-state index >= 15 is 0 Å². The quantitative estimate of drug-likeness (QED) is 0.480. The van der Waals surface area contributed by atoms with Crippen molar-refractivity contribution >= 4 is 5.69 Å².